The highest BCUT2D eigenvalue weighted by molar-refractivity contribution is 6.74. The van der Waals surface area contributed by atoms with Gasteiger partial charge < -0.3 is 4.43 Å². The summed E-state index contributed by atoms with van der Waals surface area (Å²) >= 11 is 0. The number of nitrogens with zero attached hydrogens (tertiary/aromatic N) is 1. The molecule has 0 radical (unpaired) electrons. The van der Waals surface area contributed by atoms with E-state index in [1.54, 1.807) is 0 Å². The molecule has 19 heavy (non-hydrogen) atoms. The van der Waals surface area contributed by atoms with Crippen LogP contribution < -0.4 is 4.43 Å². The molecule has 4 nitrogen and oxygen atoms in total. The Balaban J connectivity index is 3.25. The Hall–Kier alpha value is -1.50. The zero-order valence-electron chi connectivity index (χ0n) is 11.6. The third-order valence-corrected chi connectivity index (χ3v) is 7.70. The lowest BCUT2D eigenvalue weighted by molar-refractivity contribution is -0.385. The van der Waals surface area contributed by atoms with Crippen molar-refractivity contribution >= 4 is 14.0 Å². The maximum absolute atomic E-state index is 13.7. The first-order valence-corrected chi connectivity index (χ1v) is 8.69. The minimum atomic E-state index is -2.39. The van der Waals surface area contributed by atoms with Crippen molar-refractivity contribution in [2.24, 2.45) is 0 Å². The smallest absolute Gasteiger partial charge is 0.276 e. The molecular formula is C12H17F2NO3Si. The lowest BCUT2D eigenvalue weighted by Crippen LogP contribution is -2.44. The molecule has 0 bridgehead atoms. The second-order valence-electron chi connectivity index (χ2n) is 5.86. The summed E-state index contributed by atoms with van der Waals surface area (Å²) in [6.45, 7) is 9.51. The molecule has 106 valence electrons. The van der Waals surface area contributed by atoms with Gasteiger partial charge in [0.25, 0.3) is 14.0 Å². The van der Waals surface area contributed by atoms with Gasteiger partial charge in [-0.05, 0) is 18.1 Å². The lowest BCUT2D eigenvalue weighted by Gasteiger charge is -2.36. The molecule has 0 fully saturated rings. The molecule has 0 unspecified atom stereocenters. The van der Waals surface area contributed by atoms with Crippen LogP contribution in [0.5, 0.6) is 5.75 Å². The minimum absolute atomic E-state index is 0.222. The first-order chi connectivity index (χ1) is 8.45. The van der Waals surface area contributed by atoms with Crippen molar-refractivity contribution in [3.8, 4) is 5.75 Å². The Morgan fingerprint density at radius 2 is 1.79 bits per heavy atom. The largest absolute Gasteiger partial charge is 0.541 e. The average Bonchev–Trinajstić information content (AvgIpc) is 2.22. The zero-order chi connectivity index (χ0) is 15.0. The van der Waals surface area contributed by atoms with Gasteiger partial charge in [-0.2, -0.15) is 4.39 Å². The number of nitro benzene ring substituents is 1. The highest BCUT2D eigenvalue weighted by Crippen LogP contribution is 2.39. The quantitative estimate of drug-likeness (QED) is 0.474. The van der Waals surface area contributed by atoms with E-state index >= 15 is 0 Å². The summed E-state index contributed by atoms with van der Waals surface area (Å²) in [5.41, 5.74) is -0.521. The van der Waals surface area contributed by atoms with E-state index in [2.05, 4.69) is 0 Å². The number of non-ortho nitro benzene ring substituents is 1. The van der Waals surface area contributed by atoms with E-state index < -0.39 is 36.3 Å². The molecule has 0 amide bonds. The molecule has 0 atom stereocenters. The van der Waals surface area contributed by atoms with E-state index in [4.69, 9.17) is 4.43 Å². The normalized spacial score (nSPS) is 12.4. The van der Waals surface area contributed by atoms with E-state index in [1.807, 2.05) is 33.9 Å². The van der Waals surface area contributed by atoms with Gasteiger partial charge in [0.05, 0.1) is 17.1 Å². The number of nitro groups is 1. The van der Waals surface area contributed by atoms with Crippen LogP contribution in [0, 0.1) is 21.7 Å². The van der Waals surface area contributed by atoms with Crippen LogP contribution in [0.25, 0.3) is 0 Å². The fraction of sp³-hybridized carbons (Fsp3) is 0.500. The summed E-state index contributed by atoms with van der Waals surface area (Å²) in [4.78, 5) is 9.87. The molecule has 0 aliphatic carbocycles. The number of rotatable bonds is 3. The van der Waals surface area contributed by atoms with E-state index in [9.17, 15) is 18.9 Å². The zero-order valence-corrected chi connectivity index (χ0v) is 12.6. The first-order valence-electron chi connectivity index (χ1n) is 5.78. The van der Waals surface area contributed by atoms with Crippen LogP contribution in [0.2, 0.25) is 18.1 Å². The van der Waals surface area contributed by atoms with Gasteiger partial charge in [0.15, 0.2) is 11.6 Å². The molecule has 0 aromatic heterocycles. The molecule has 0 saturated carbocycles. The van der Waals surface area contributed by atoms with Gasteiger partial charge in [0.2, 0.25) is 0 Å². The Kier molecular flexibility index (Phi) is 3.99. The van der Waals surface area contributed by atoms with E-state index in [1.165, 1.54) is 0 Å². The maximum Gasteiger partial charge on any atom is 0.276 e. The summed E-state index contributed by atoms with van der Waals surface area (Å²) < 4.78 is 32.6. The van der Waals surface area contributed by atoms with Crippen molar-refractivity contribution in [1.82, 2.24) is 0 Å². The van der Waals surface area contributed by atoms with Crippen LogP contribution in [0.15, 0.2) is 12.1 Å². The molecule has 0 N–H and O–H groups in total. The Morgan fingerprint density at radius 3 is 2.21 bits per heavy atom. The first kappa shape index (κ1) is 15.6. The highest BCUT2D eigenvalue weighted by Gasteiger charge is 2.40. The van der Waals surface area contributed by atoms with Crippen molar-refractivity contribution in [1.29, 1.82) is 0 Å². The summed E-state index contributed by atoms with van der Waals surface area (Å²) in [7, 11) is -2.39. The van der Waals surface area contributed by atoms with Gasteiger partial charge in [0.1, 0.15) is 5.75 Å². The SMILES string of the molecule is CC(C)(C)[Si](C)(C)Oc1cc([N+](=O)[O-])cc(F)c1F. The number of benzene rings is 1. The second kappa shape index (κ2) is 4.88. The molecular weight excluding hydrogens is 272 g/mol. The molecule has 1 rings (SSSR count). The highest BCUT2D eigenvalue weighted by atomic mass is 28.4. The summed E-state index contributed by atoms with van der Waals surface area (Å²) in [5, 5.41) is 10.4. The molecule has 7 heteroatoms. The fourth-order valence-electron chi connectivity index (χ4n) is 1.16. The molecule has 0 spiro atoms. The third-order valence-electron chi connectivity index (χ3n) is 3.36. The van der Waals surface area contributed by atoms with E-state index in [0.29, 0.717) is 6.07 Å². The van der Waals surface area contributed by atoms with Crippen molar-refractivity contribution in [2.75, 3.05) is 0 Å². The molecule has 0 saturated heterocycles. The second-order valence-corrected chi connectivity index (χ2v) is 10.6. The van der Waals surface area contributed by atoms with Crippen molar-refractivity contribution < 1.29 is 18.1 Å². The molecule has 0 aliphatic rings. The van der Waals surface area contributed by atoms with Crippen LogP contribution in [-0.4, -0.2) is 13.2 Å². The minimum Gasteiger partial charge on any atom is -0.541 e. The monoisotopic (exact) mass is 289 g/mol. The van der Waals surface area contributed by atoms with E-state index in [-0.39, 0.29) is 5.04 Å². The van der Waals surface area contributed by atoms with Crippen molar-refractivity contribution in [3.63, 3.8) is 0 Å². The van der Waals surface area contributed by atoms with Crippen molar-refractivity contribution in [3.05, 3.63) is 33.9 Å². The van der Waals surface area contributed by atoms with Crippen LogP contribution in [0.1, 0.15) is 20.8 Å². The Morgan fingerprint density at radius 1 is 1.26 bits per heavy atom. The number of hydrogen-bond acceptors (Lipinski definition) is 3. The average molecular weight is 289 g/mol. The molecule has 0 aliphatic heterocycles. The van der Waals surface area contributed by atoms with Gasteiger partial charge in [0, 0.05) is 0 Å². The van der Waals surface area contributed by atoms with Gasteiger partial charge in [-0.1, -0.05) is 20.8 Å². The maximum atomic E-state index is 13.7. The van der Waals surface area contributed by atoms with Gasteiger partial charge in [-0.3, -0.25) is 10.1 Å². The summed E-state index contributed by atoms with van der Waals surface area (Å²) in [6.07, 6.45) is 0. The van der Waals surface area contributed by atoms with Gasteiger partial charge in [-0.15, -0.1) is 0 Å². The summed E-state index contributed by atoms with van der Waals surface area (Å²) in [6, 6.07) is 1.48. The predicted molar refractivity (Wildman–Crippen MR) is 70.8 cm³/mol. The Labute approximate surface area is 111 Å². The third kappa shape index (κ3) is 3.28. The molecule has 1 aromatic carbocycles. The standard InChI is InChI=1S/C12H17F2NO3Si/c1-12(2,3)19(4,5)18-10-7-8(15(16)17)6-9(13)11(10)14/h6-7H,1-5H3. The topological polar surface area (TPSA) is 52.4 Å². The number of hydrogen-bond donors (Lipinski definition) is 0. The van der Waals surface area contributed by atoms with Crippen LogP contribution in [0.3, 0.4) is 0 Å². The predicted octanol–water partition coefficient (Wildman–Crippen LogP) is 4.26. The lowest BCUT2D eigenvalue weighted by atomic mass is 10.2. The molecule has 0 heterocycles. The fourth-order valence-corrected chi connectivity index (χ4v) is 2.16. The van der Waals surface area contributed by atoms with E-state index in [0.717, 1.165) is 6.07 Å². The van der Waals surface area contributed by atoms with Crippen LogP contribution in [0.4, 0.5) is 14.5 Å². The van der Waals surface area contributed by atoms with Gasteiger partial charge >= 0.3 is 0 Å². The summed E-state index contributed by atoms with van der Waals surface area (Å²) in [5.74, 6) is -2.85. The van der Waals surface area contributed by atoms with Crippen LogP contribution >= 0.6 is 0 Å². The number of halogens is 2. The van der Waals surface area contributed by atoms with Crippen molar-refractivity contribution in [2.45, 2.75) is 38.9 Å². The Bertz CT molecular complexity index is 512. The van der Waals surface area contributed by atoms with Gasteiger partial charge in [-0.25, -0.2) is 4.39 Å². The van der Waals surface area contributed by atoms with Crippen LogP contribution in [-0.2, 0) is 0 Å². The molecule has 1 aromatic rings.